The minimum Gasteiger partial charge on any atom is -0.493 e. The second-order valence-electron chi connectivity index (χ2n) is 7.48. The summed E-state index contributed by atoms with van der Waals surface area (Å²) in [7, 11) is 3.20. The van der Waals surface area contributed by atoms with Gasteiger partial charge in [-0.2, -0.15) is 0 Å². The molecule has 6 heteroatoms. The quantitative estimate of drug-likeness (QED) is 0.781. The van der Waals surface area contributed by atoms with Crippen molar-refractivity contribution < 1.29 is 19.1 Å². The van der Waals surface area contributed by atoms with Crippen LogP contribution in [0.3, 0.4) is 0 Å². The molecule has 1 heterocycles. The molecule has 1 saturated heterocycles. The molecule has 1 aliphatic heterocycles. The highest BCUT2D eigenvalue weighted by molar-refractivity contribution is 6.00. The minimum atomic E-state index is -0.325. The van der Waals surface area contributed by atoms with E-state index in [9.17, 15) is 9.59 Å². The summed E-state index contributed by atoms with van der Waals surface area (Å²) >= 11 is 0. The van der Waals surface area contributed by atoms with Crippen LogP contribution in [-0.2, 0) is 16.0 Å². The number of aryl methyl sites for hydroxylation is 2. The van der Waals surface area contributed by atoms with Crippen LogP contribution in [0.2, 0.25) is 0 Å². The fourth-order valence-electron chi connectivity index (χ4n) is 3.75. The number of methoxy groups -OCH3 is 2. The molecular formula is C23H28N2O4. The third-order valence-corrected chi connectivity index (χ3v) is 5.17. The number of ether oxygens (including phenoxy) is 2. The van der Waals surface area contributed by atoms with Crippen molar-refractivity contribution in [3.63, 3.8) is 0 Å². The molecule has 2 amide bonds. The normalized spacial score (nSPS) is 16.1. The zero-order chi connectivity index (χ0) is 21.0. The zero-order valence-corrected chi connectivity index (χ0v) is 17.5. The minimum absolute atomic E-state index is 0.00459. The van der Waals surface area contributed by atoms with E-state index in [0.29, 0.717) is 31.0 Å². The largest absolute Gasteiger partial charge is 0.493 e. The standard InChI is InChI=1S/C23H28N2O4/c1-15-9-16(2)11-19(10-15)25-14-18(13-22(25)26)23(27)24-8-7-17-5-6-20(28-3)21(12-17)29-4/h5-6,9-12,18H,7-8,13-14H2,1-4H3,(H,24,27)/t18-/m1/s1. The topological polar surface area (TPSA) is 67.9 Å². The molecule has 3 rings (SSSR count). The van der Waals surface area contributed by atoms with Gasteiger partial charge in [0.2, 0.25) is 11.8 Å². The molecule has 1 fully saturated rings. The number of rotatable bonds is 7. The van der Waals surface area contributed by atoms with E-state index in [-0.39, 0.29) is 24.2 Å². The van der Waals surface area contributed by atoms with Crippen LogP contribution >= 0.6 is 0 Å². The van der Waals surface area contributed by atoms with Gasteiger partial charge in [-0.05, 0) is 61.2 Å². The molecule has 6 nitrogen and oxygen atoms in total. The van der Waals surface area contributed by atoms with Crippen molar-refractivity contribution in [3.8, 4) is 11.5 Å². The molecule has 0 unspecified atom stereocenters. The van der Waals surface area contributed by atoms with Crippen LogP contribution in [0, 0.1) is 19.8 Å². The highest BCUT2D eigenvalue weighted by atomic mass is 16.5. The van der Waals surface area contributed by atoms with Gasteiger partial charge in [0.15, 0.2) is 11.5 Å². The van der Waals surface area contributed by atoms with Gasteiger partial charge >= 0.3 is 0 Å². The molecule has 0 saturated carbocycles. The summed E-state index contributed by atoms with van der Waals surface area (Å²) in [5, 5.41) is 2.96. The monoisotopic (exact) mass is 396 g/mol. The van der Waals surface area contributed by atoms with Crippen molar-refractivity contribution in [2.75, 3.05) is 32.2 Å². The fraction of sp³-hybridized carbons (Fsp3) is 0.391. The lowest BCUT2D eigenvalue weighted by Gasteiger charge is -2.18. The molecule has 0 radical (unpaired) electrons. The predicted octanol–water partition coefficient (Wildman–Crippen LogP) is 3.03. The van der Waals surface area contributed by atoms with E-state index in [1.165, 1.54) is 0 Å². The van der Waals surface area contributed by atoms with Crippen LogP contribution < -0.4 is 19.7 Å². The molecule has 0 spiro atoms. The van der Waals surface area contributed by atoms with Crippen LogP contribution in [0.4, 0.5) is 5.69 Å². The Morgan fingerprint density at radius 1 is 1.07 bits per heavy atom. The average Bonchev–Trinajstić information content (AvgIpc) is 3.09. The lowest BCUT2D eigenvalue weighted by Crippen LogP contribution is -2.34. The Hall–Kier alpha value is -3.02. The number of amides is 2. The third kappa shape index (κ3) is 4.88. The zero-order valence-electron chi connectivity index (χ0n) is 17.5. The summed E-state index contributed by atoms with van der Waals surface area (Å²) < 4.78 is 10.6. The van der Waals surface area contributed by atoms with Crippen molar-refractivity contribution in [1.82, 2.24) is 5.32 Å². The number of nitrogens with one attached hydrogen (secondary N) is 1. The van der Waals surface area contributed by atoms with E-state index in [0.717, 1.165) is 22.4 Å². The molecule has 0 aliphatic carbocycles. The first-order valence-electron chi connectivity index (χ1n) is 9.78. The second kappa shape index (κ2) is 8.99. The number of carbonyl (C=O) groups excluding carboxylic acids is 2. The van der Waals surface area contributed by atoms with Gasteiger partial charge in [0, 0.05) is 25.2 Å². The molecule has 2 aromatic rings. The lowest BCUT2D eigenvalue weighted by atomic mass is 10.1. The first-order valence-corrected chi connectivity index (χ1v) is 9.78. The Labute approximate surface area is 171 Å². The van der Waals surface area contributed by atoms with Crippen molar-refractivity contribution in [3.05, 3.63) is 53.1 Å². The van der Waals surface area contributed by atoms with Crippen LogP contribution in [0.15, 0.2) is 36.4 Å². The summed E-state index contributed by atoms with van der Waals surface area (Å²) in [5.41, 5.74) is 4.13. The van der Waals surface area contributed by atoms with Gasteiger partial charge in [-0.15, -0.1) is 0 Å². The van der Waals surface area contributed by atoms with Crippen LogP contribution in [-0.4, -0.2) is 39.1 Å². The summed E-state index contributed by atoms with van der Waals surface area (Å²) in [6.45, 7) is 4.94. The van der Waals surface area contributed by atoms with E-state index < -0.39 is 0 Å². The van der Waals surface area contributed by atoms with Gasteiger partial charge in [-0.3, -0.25) is 9.59 Å². The van der Waals surface area contributed by atoms with Gasteiger partial charge in [0.05, 0.1) is 20.1 Å². The molecule has 2 aromatic carbocycles. The highest BCUT2D eigenvalue weighted by Gasteiger charge is 2.35. The maximum absolute atomic E-state index is 12.6. The summed E-state index contributed by atoms with van der Waals surface area (Å²) in [5.74, 6) is 0.938. The lowest BCUT2D eigenvalue weighted by molar-refractivity contribution is -0.126. The third-order valence-electron chi connectivity index (χ3n) is 5.17. The Morgan fingerprint density at radius 2 is 1.76 bits per heavy atom. The van der Waals surface area contributed by atoms with Crippen molar-refractivity contribution in [2.24, 2.45) is 5.92 Å². The Balaban J connectivity index is 1.56. The van der Waals surface area contributed by atoms with E-state index in [1.54, 1.807) is 19.1 Å². The summed E-state index contributed by atoms with van der Waals surface area (Å²) in [6.07, 6.45) is 0.919. The first-order chi connectivity index (χ1) is 13.9. The van der Waals surface area contributed by atoms with E-state index in [2.05, 4.69) is 11.4 Å². The predicted molar refractivity (Wildman–Crippen MR) is 113 cm³/mol. The van der Waals surface area contributed by atoms with Gasteiger partial charge in [-0.1, -0.05) is 12.1 Å². The van der Waals surface area contributed by atoms with Gasteiger partial charge < -0.3 is 19.7 Å². The smallest absolute Gasteiger partial charge is 0.227 e. The first kappa shape index (κ1) is 20.7. The number of carbonyl (C=O) groups is 2. The maximum atomic E-state index is 12.6. The Kier molecular flexibility index (Phi) is 6.42. The summed E-state index contributed by atoms with van der Waals surface area (Å²) in [4.78, 5) is 26.8. The van der Waals surface area contributed by atoms with E-state index in [4.69, 9.17) is 9.47 Å². The van der Waals surface area contributed by atoms with Crippen molar-refractivity contribution in [2.45, 2.75) is 26.7 Å². The molecule has 1 aliphatic rings. The molecule has 154 valence electrons. The summed E-state index contributed by atoms with van der Waals surface area (Å²) in [6, 6.07) is 11.8. The van der Waals surface area contributed by atoms with Crippen LogP contribution in [0.5, 0.6) is 11.5 Å². The highest BCUT2D eigenvalue weighted by Crippen LogP contribution is 2.28. The van der Waals surface area contributed by atoms with E-state index >= 15 is 0 Å². The molecular weight excluding hydrogens is 368 g/mol. The van der Waals surface area contributed by atoms with Crippen molar-refractivity contribution in [1.29, 1.82) is 0 Å². The SMILES string of the molecule is COc1ccc(CCNC(=O)[C@@H]2CC(=O)N(c3cc(C)cc(C)c3)C2)cc1OC. The Bertz CT molecular complexity index is 889. The molecule has 29 heavy (non-hydrogen) atoms. The van der Waals surface area contributed by atoms with Gasteiger partial charge in [0.1, 0.15) is 0 Å². The molecule has 1 N–H and O–H groups in total. The van der Waals surface area contributed by atoms with Crippen molar-refractivity contribution >= 4 is 17.5 Å². The Morgan fingerprint density at radius 3 is 2.41 bits per heavy atom. The van der Waals surface area contributed by atoms with Crippen LogP contribution in [0.1, 0.15) is 23.1 Å². The number of anilines is 1. The van der Waals surface area contributed by atoms with E-state index in [1.807, 2.05) is 44.2 Å². The number of hydrogen-bond acceptors (Lipinski definition) is 4. The number of nitrogens with zero attached hydrogens (tertiary/aromatic N) is 1. The molecule has 0 aromatic heterocycles. The van der Waals surface area contributed by atoms with Crippen LogP contribution in [0.25, 0.3) is 0 Å². The molecule has 0 bridgehead atoms. The fourth-order valence-corrected chi connectivity index (χ4v) is 3.75. The number of hydrogen-bond donors (Lipinski definition) is 1. The maximum Gasteiger partial charge on any atom is 0.227 e. The van der Waals surface area contributed by atoms with Gasteiger partial charge in [-0.25, -0.2) is 0 Å². The molecule has 1 atom stereocenters. The second-order valence-corrected chi connectivity index (χ2v) is 7.48. The van der Waals surface area contributed by atoms with Gasteiger partial charge in [0.25, 0.3) is 0 Å². The number of benzene rings is 2. The average molecular weight is 396 g/mol.